The van der Waals surface area contributed by atoms with Crippen LogP contribution in [0.25, 0.3) is 0 Å². The number of fused-ring (bicyclic) bond motifs is 2. The maximum absolute atomic E-state index is 13.4. The van der Waals surface area contributed by atoms with Gasteiger partial charge in [-0.15, -0.1) is 0 Å². The number of methoxy groups -OCH3 is 1. The van der Waals surface area contributed by atoms with E-state index >= 15 is 0 Å². The molecule has 0 saturated heterocycles. The highest BCUT2D eigenvalue weighted by molar-refractivity contribution is 6.31. The molecule has 176 valence electrons. The summed E-state index contributed by atoms with van der Waals surface area (Å²) in [6, 6.07) is 2.60. The maximum atomic E-state index is 13.4. The standard InChI is InChI=1S/C23H27ClF3NO4/c1-21(2,3)32-20(30)28-8-7-14-15(24)5-6-16(31-4)18(14)19(28)22-11-13(22)9-12(10-17(22)29)23(25,26)27/h5-6,12-13,19H,7-11H2,1-4H3/t12?,13?,19-,22?/m0/s1. The Morgan fingerprint density at radius 1 is 1.25 bits per heavy atom. The molecule has 9 heteroatoms. The molecule has 0 aromatic heterocycles. The number of alkyl halides is 3. The van der Waals surface area contributed by atoms with Crippen molar-refractivity contribution in [3.63, 3.8) is 0 Å². The second-order valence-electron chi connectivity index (χ2n) is 10.0. The molecule has 1 aromatic rings. The lowest BCUT2D eigenvalue weighted by Crippen LogP contribution is -2.50. The zero-order chi connectivity index (χ0) is 23.6. The topological polar surface area (TPSA) is 55.8 Å². The van der Waals surface area contributed by atoms with Crippen molar-refractivity contribution in [1.82, 2.24) is 4.90 Å². The zero-order valence-electron chi connectivity index (χ0n) is 18.5. The number of amides is 1. The lowest BCUT2D eigenvalue weighted by atomic mass is 9.72. The van der Waals surface area contributed by atoms with Gasteiger partial charge in [-0.3, -0.25) is 9.69 Å². The molecule has 0 N–H and O–H groups in total. The van der Waals surface area contributed by atoms with E-state index in [0.29, 0.717) is 29.2 Å². The molecule has 0 bridgehead atoms. The zero-order valence-corrected chi connectivity index (χ0v) is 19.3. The van der Waals surface area contributed by atoms with Crippen LogP contribution in [0, 0.1) is 17.3 Å². The average molecular weight is 474 g/mol. The molecule has 2 aliphatic carbocycles. The SMILES string of the molecule is COc1ccc(Cl)c2c1[C@@H](C13CC1CC(C(F)(F)F)CC3=O)N(C(=O)OC(C)(C)C)CC2. The third kappa shape index (κ3) is 3.74. The van der Waals surface area contributed by atoms with Crippen LogP contribution in [0.4, 0.5) is 18.0 Å². The number of hydrogen-bond acceptors (Lipinski definition) is 4. The minimum absolute atomic E-state index is 0.119. The number of ketones is 1. The first-order valence-electron chi connectivity index (χ1n) is 10.7. The molecule has 4 atom stereocenters. The van der Waals surface area contributed by atoms with E-state index in [2.05, 4.69) is 0 Å². The average Bonchev–Trinajstić information content (AvgIpc) is 3.41. The highest BCUT2D eigenvalue weighted by atomic mass is 35.5. The quantitative estimate of drug-likeness (QED) is 0.550. The lowest BCUT2D eigenvalue weighted by Gasteiger charge is -2.44. The van der Waals surface area contributed by atoms with Gasteiger partial charge in [0.05, 0.1) is 24.5 Å². The Bertz CT molecular complexity index is 958. The Morgan fingerprint density at radius 3 is 2.50 bits per heavy atom. The van der Waals surface area contributed by atoms with E-state index in [1.165, 1.54) is 12.0 Å². The summed E-state index contributed by atoms with van der Waals surface area (Å²) in [5.74, 6) is -2.09. The van der Waals surface area contributed by atoms with Crippen molar-refractivity contribution in [3.8, 4) is 5.75 Å². The van der Waals surface area contributed by atoms with Gasteiger partial charge >= 0.3 is 12.3 Å². The third-order valence-electron chi connectivity index (χ3n) is 6.92. The molecule has 1 heterocycles. The van der Waals surface area contributed by atoms with Crippen molar-refractivity contribution in [2.24, 2.45) is 17.3 Å². The Labute approximate surface area is 190 Å². The molecule has 3 unspecified atom stereocenters. The minimum atomic E-state index is -4.42. The first kappa shape index (κ1) is 23.2. The molecule has 2 saturated carbocycles. The smallest absolute Gasteiger partial charge is 0.410 e. The van der Waals surface area contributed by atoms with E-state index in [1.54, 1.807) is 32.9 Å². The van der Waals surface area contributed by atoms with Crippen LogP contribution in [0.2, 0.25) is 5.02 Å². The van der Waals surface area contributed by atoms with Gasteiger partial charge in [0.2, 0.25) is 0 Å². The van der Waals surface area contributed by atoms with Crippen molar-refractivity contribution < 1.29 is 32.2 Å². The van der Waals surface area contributed by atoms with Gasteiger partial charge < -0.3 is 9.47 Å². The third-order valence-corrected chi connectivity index (χ3v) is 7.27. The highest BCUT2D eigenvalue weighted by Gasteiger charge is 2.71. The Kier molecular flexibility index (Phi) is 5.47. The van der Waals surface area contributed by atoms with E-state index in [4.69, 9.17) is 21.1 Å². The van der Waals surface area contributed by atoms with Crippen molar-refractivity contribution >= 4 is 23.5 Å². The van der Waals surface area contributed by atoms with Crippen LogP contribution in [0.15, 0.2) is 12.1 Å². The lowest BCUT2D eigenvalue weighted by molar-refractivity contribution is -0.187. The van der Waals surface area contributed by atoms with Gasteiger partial charge in [0, 0.05) is 23.6 Å². The van der Waals surface area contributed by atoms with Gasteiger partial charge in [0.1, 0.15) is 17.1 Å². The van der Waals surface area contributed by atoms with Crippen molar-refractivity contribution in [2.45, 2.75) is 64.3 Å². The van der Waals surface area contributed by atoms with Gasteiger partial charge in [-0.25, -0.2) is 4.79 Å². The summed E-state index contributed by atoms with van der Waals surface area (Å²) in [6.45, 7) is 5.48. The molecule has 1 aromatic carbocycles. The Morgan fingerprint density at radius 2 is 1.94 bits per heavy atom. The summed E-state index contributed by atoms with van der Waals surface area (Å²) in [7, 11) is 1.48. The van der Waals surface area contributed by atoms with Gasteiger partial charge in [0.15, 0.2) is 0 Å². The maximum Gasteiger partial charge on any atom is 0.410 e. The first-order valence-corrected chi connectivity index (χ1v) is 11.1. The van der Waals surface area contributed by atoms with E-state index in [1.807, 2.05) is 0 Å². The summed E-state index contributed by atoms with van der Waals surface area (Å²) in [5, 5.41) is 0.486. The highest BCUT2D eigenvalue weighted by Crippen LogP contribution is 2.70. The Balaban J connectivity index is 1.81. The fourth-order valence-electron chi connectivity index (χ4n) is 5.48. The summed E-state index contributed by atoms with van der Waals surface area (Å²) >= 11 is 6.46. The number of carbonyl (C=O) groups is 2. The molecule has 5 nitrogen and oxygen atoms in total. The molecule has 0 radical (unpaired) electrons. The van der Waals surface area contributed by atoms with Crippen LogP contribution in [-0.4, -0.2) is 42.2 Å². The predicted molar refractivity (Wildman–Crippen MR) is 112 cm³/mol. The van der Waals surface area contributed by atoms with Crippen LogP contribution in [0.3, 0.4) is 0 Å². The number of Topliss-reactive ketones (excluding diaryl/α,β-unsaturated/α-hetero) is 1. The predicted octanol–water partition coefficient (Wildman–Crippen LogP) is 5.73. The van der Waals surface area contributed by atoms with Gasteiger partial charge in [-0.1, -0.05) is 11.6 Å². The van der Waals surface area contributed by atoms with Crippen molar-refractivity contribution in [3.05, 3.63) is 28.3 Å². The molecule has 32 heavy (non-hydrogen) atoms. The van der Waals surface area contributed by atoms with Crippen LogP contribution >= 0.6 is 11.6 Å². The molecule has 0 spiro atoms. The summed E-state index contributed by atoms with van der Waals surface area (Å²) in [5.41, 5.74) is -0.468. The fraction of sp³-hybridized carbons (Fsp3) is 0.652. The number of hydrogen-bond donors (Lipinski definition) is 0. The number of carbonyl (C=O) groups excluding carboxylic acids is 2. The van der Waals surface area contributed by atoms with Gasteiger partial charge in [-0.05, 0) is 63.6 Å². The molecule has 1 amide bonds. The number of rotatable bonds is 2. The van der Waals surface area contributed by atoms with Gasteiger partial charge in [-0.2, -0.15) is 13.2 Å². The Hall–Kier alpha value is -1.96. The molecule has 2 fully saturated rings. The van der Waals surface area contributed by atoms with Gasteiger partial charge in [0.25, 0.3) is 0 Å². The minimum Gasteiger partial charge on any atom is -0.496 e. The number of benzene rings is 1. The second-order valence-corrected chi connectivity index (χ2v) is 10.4. The van der Waals surface area contributed by atoms with Crippen molar-refractivity contribution in [2.75, 3.05) is 13.7 Å². The normalized spacial score (nSPS) is 29.8. The van der Waals surface area contributed by atoms with Crippen LogP contribution in [0.1, 0.15) is 57.2 Å². The summed E-state index contributed by atoms with van der Waals surface area (Å²) in [4.78, 5) is 28.0. The van der Waals surface area contributed by atoms with E-state index in [0.717, 1.165) is 5.56 Å². The molecular formula is C23H27ClF3NO4. The first-order chi connectivity index (χ1) is 14.8. The monoisotopic (exact) mass is 473 g/mol. The number of ether oxygens (including phenoxy) is 2. The fourth-order valence-corrected chi connectivity index (χ4v) is 5.74. The summed E-state index contributed by atoms with van der Waals surface area (Å²) in [6.07, 6.45) is -4.97. The molecule has 1 aliphatic heterocycles. The number of halogens is 4. The molecular weight excluding hydrogens is 447 g/mol. The number of nitrogens with zero attached hydrogens (tertiary/aromatic N) is 1. The molecule has 3 aliphatic rings. The largest absolute Gasteiger partial charge is 0.496 e. The second kappa shape index (κ2) is 7.54. The van der Waals surface area contributed by atoms with Crippen LogP contribution < -0.4 is 4.74 Å². The summed E-state index contributed by atoms with van der Waals surface area (Å²) < 4.78 is 51.4. The van der Waals surface area contributed by atoms with E-state index in [-0.39, 0.29) is 13.0 Å². The van der Waals surface area contributed by atoms with E-state index < -0.39 is 53.4 Å². The van der Waals surface area contributed by atoms with Crippen LogP contribution in [-0.2, 0) is 16.0 Å². The van der Waals surface area contributed by atoms with E-state index in [9.17, 15) is 22.8 Å². The van der Waals surface area contributed by atoms with Crippen molar-refractivity contribution in [1.29, 1.82) is 0 Å². The van der Waals surface area contributed by atoms with Crippen LogP contribution in [0.5, 0.6) is 5.75 Å². The molecule has 4 rings (SSSR count).